The predicted molar refractivity (Wildman–Crippen MR) is 203 cm³/mol. The zero-order valence-electron chi connectivity index (χ0n) is 27.2. The Labute approximate surface area is 284 Å². The van der Waals surface area contributed by atoms with Gasteiger partial charge in [-0.15, -0.1) is 0 Å². The molecule has 2 heteroatoms. The Morgan fingerprint density at radius 1 is 0.583 bits per heavy atom. The van der Waals surface area contributed by atoms with Crippen LogP contribution in [-0.4, -0.2) is 19.1 Å². The molecule has 2 aliphatic heterocycles. The third-order valence-corrected chi connectivity index (χ3v) is 10.5. The lowest BCUT2D eigenvalue weighted by Crippen LogP contribution is -2.32. The summed E-state index contributed by atoms with van der Waals surface area (Å²) in [7, 11) is 0. The molecule has 0 radical (unpaired) electrons. The van der Waals surface area contributed by atoms with Gasteiger partial charge in [0, 0.05) is 42.5 Å². The van der Waals surface area contributed by atoms with Crippen LogP contribution < -0.4 is 9.80 Å². The summed E-state index contributed by atoms with van der Waals surface area (Å²) in [5.41, 5.74) is 15.8. The number of benzene rings is 5. The molecule has 0 saturated carbocycles. The molecule has 0 spiro atoms. The molecule has 9 rings (SSSR count). The second-order valence-electron chi connectivity index (χ2n) is 13.1. The van der Waals surface area contributed by atoms with Gasteiger partial charge in [0.15, 0.2) is 0 Å². The number of hydrogen-bond acceptors (Lipinski definition) is 2. The summed E-state index contributed by atoms with van der Waals surface area (Å²) in [6.07, 6.45) is 11.6. The fraction of sp³-hybridized carbons (Fsp3) is 0.130. The first-order valence-electron chi connectivity index (χ1n) is 17.2. The van der Waals surface area contributed by atoms with Gasteiger partial charge in [-0.1, -0.05) is 146 Å². The Kier molecular flexibility index (Phi) is 7.08. The van der Waals surface area contributed by atoms with Crippen LogP contribution in [0.2, 0.25) is 0 Å². The largest absolute Gasteiger partial charge is 0.364 e. The smallest absolute Gasteiger partial charge is 0.0580 e. The molecule has 3 atom stereocenters. The highest BCUT2D eigenvalue weighted by Gasteiger charge is 2.41. The number of rotatable bonds is 6. The maximum absolute atomic E-state index is 2.55. The van der Waals surface area contributed by atoms with Gasteiger partial charge in [0.25, 0.3) is 0 Å². The van der Waals surface area contributed by atoms with Crippen molar-refractivity contribution >= 4 is 33.7 Å². The minimum absolute atomic E-state index is 0.191. The van der Waals surface area contributed by atoms with Crippen molar-refractivity contribution in [2.24, 2.45) is 5.92 Å². The SMILES string of the molecule is CCN1c2ccc(N3C=C4C(c5ccccc5)=C(c5ccccc5)C(c5ccccc5)=C(c5ccccc5)C4C3)cc2C2C=CC=CC21. The van der Waals surface area contributed by atoms with Crippen LogP contribution in [0.1, 0.15) is 40.7 Å². The van der Waals surface area contributed by atoms with Crippen LogP contribution in [-0.2, 0) is 0 Å². The first-order chi connectivity index (χ1) is 23.8. The van der Waals surface area contributed by atoms with E-state index in [1.165, 1.54) is 67.1 Å². The molecule has 232 valence electrons. The van der Waals surface area contributed by atoms with Crippen molar-refractivity contribution < 1.29 is 0 Å². The number of fused-ring (bicyclic) bond motifs is 4. The van der Waals surface area contributed by atoms with Gasteiger partial charge in [-0.25, -0.2) is 0 Å². The van der Waals surface area contributed by atoms with Gasteiger partial charge in [-0.05, 0) is 80.8 Å². The monoisotopic (exact) mass is 618 g/mol. The molecule has 5 aromatic carbocycles. The van der Waals surface area contributed by atoms with Crippen LogP contribution in [0, 0.1) is 5.92 Å². The minimum Gasteiger partial charge on any atom is -0.364 e. The lowest BCUT2D eigenvalue weighted by Gasteiger charge is -2.34. The number of hydrogen-bond donors (Lipinski definition) is 0. The fourth-order valence-corrected chi connectivity index (χ4v) is 8.50. The van der Waals surface area contributed by atoms with Gasteiger partial charge in [-0.2, -0.15) is 0 Å². The molecule has 0 N–H and O–H groups in total. The van der Waals surface area contributed by atoms with Crippen molar-refractivity contribution in [3.8, 4) is 0 Å². The van der Waals surface area contributed by atoms with Crippen LogP contribution in [0.4, 0.5) is 11.4 Å². The Morgan fingerprint density at radius 3 is 1.77 bits per heavy atom. The van der Waals surface area contributed by atoms with E-state index in [4.69, 9.17) is 0 Å². The summed E-state index contributed by atoms with van der Waals surface area (Å²) in [6.45, 7) is 4.16. The molecule has 0 amide bonds. The van der Waals surface area contributed by atoms with Crippen LogP contribution in [0.3, 0.4) is 0 Å². The highest BCUT2D eigenvalue weighted by molar-refractivity contribution is 6.27. The summed E-state index contributed by atoms with van der Waals surface area (Å²) >= 11 is 0. The topological polar surface area (TPSA) is 6.48 Å². The standard InChI is InChI=1S/C46H38N2/c1-2-48-41-26-16-15-25-37(41)38-29-36(27-28-42(38)48)47-30-39-40(31-47)44(33-19-9-4-10-20-33)46(35-23-13-6-14-24-35)45(34-21-11-5-12-22-34)43(39)32-17-7-3-8-18-32/h3-30,37,40-41H,2,31H2,1H3. The highest BCUT2D eigenvalue weighted by atomic mass is 15.2. The highest BCUT2D eigenvalue weighted by Crippen LogP contribution is 2.56. The Balaban J connectivity index is 1.30. The molecule has 0 fully saturated rings. The lowest BCUT2D eigenvalue weighted by atomic mass is 9.69. The lowest BCUT2D eigenvalue weighted by molar-refractivity contribution is 0.688. The molecule has 4 aliphatic rings. The molecule has 2 aliphatic carbocycles. The molecular weight excluding hydrogens is 581 g/mol. The van der Waals surface area contributed by atoms with Crippen molar-refractivity contribution in [2.75, 3.05) is 22.9 Å². The fourth-order valence-electron chi connectivity index (χ4n) is 8.50. The Morgan fingerprint density at radius 2 is 1.15 bits per heavy atom. The van der Waals surface area contributed by atoms with E-state index in [9.17, 15) is 0 Å². The van der Waals surface area contributed by atoms with E-state index < -0.39 is 0 Å². The van der Waals surface area contributed by atoms with E-state index in [0.717, 1.165) is 13.1 Å². The summed E-state index contributed by atoms with van der Waals surface area (Å²) < 4.78 is 0. The average Bonchev–Trinajstić information content (AvgIpc) is 3.74. The van der Waals surface area contributed by atoms with Crippen LogP contribution in [0.5, 0.6) is 0 Å². The third kappa shape index (κ3) is 4.63. The molecule has 3 unspecified atom stereocenters. The van der Waals surface area contributed by atoms with Gasteiger partial charge in [0.1, 0.15) is 0 Å². The quantitative estimate of drug-likeness (QED) is 0.187. The van der Waals surface area contributed by atoms with Crippen molar-refractivity contribution in [3.05, 3.63) is 203 Å². The Bertz CT molecular complexity index is 2140. The van der Waals surface area contributed by atoms with Crippen molar-refractivity contribution in [1.29, 1.82) is 0 Å². The molecule has 2 nitrogen and oxygen atoms in total. The number of likely N-dealkylation sites (N-methyl/N-ethyl adjacent to an activating group) is 1. The molecular formula is C46H38N2. The normalized spacial score (nSPS) is 20.9. The van der Waals surface area contributed by atoms with E-state index in [0.29, 0.717) is 12.0 Å². The summed E-state index contributed by atoms with van der Waals surface area (Å²) in [4.78, 5) is 5.07. The molecule has 0 aromatic heterocycles. The van der Waals surface area contributed by atoms with Gasteiger partial charge < -0.3 is 9.80 Å². The summed E-state index contributed by atoms with van der Waals surface area (Å²) in [5, 5.41) is 0. The zero-order chi connectivity index (χ0) is 32.0. The zero-order valence-corrected chi connectivity index (χ0v) is 27.2. The first kappa shape index (κ1) is 28.6. The molecule has 0 bridgehead atoms. The average molecular weight is 619 g/mol. The number of nitrogens with zero attached hydrogens (tertiary/aromatic N) is 2. The third-order valence-electron chi connectivity index (χ3n) is 10.5. The minimum atomic E-state index is 0.191. The number of allylic oxidation sites excluding steroid dienone is 5. The maximum Gasteiger partial charge on any atom is 0.0580 e. The van der Waals surface area contributed by atoms with E-state index in [2.05, 4.69) is 187 Å². The van der Waals surface area contributed by atoms with Crippen molar-refractivity contribution in [1.82, 2.24) is 0 Å². The molecule has 5 aromatic rings. The first-order valence-corrected chi connectivity index (χ1v) is 17.2. The van der Waals surface area contributed by atoms with E-state index in [-0.39, 0.29) is 5.92 Å². The van der Waals surface area contributed by atoms with Gasteiger partial charge in [0.05, 0.1) is 6.04 Å². The van der Waals surface area contributed by atoms with Gasteiger partial charge in [-0.3, -0.25) is 0 Å². The van der Waals surface area contributed by atoms with Gasteiger partial charge >= 0.3 is 0 Å². The predicted octanol–water partition coefficient (Wildman–Crippen LogP) is 10.7. The van der Waals surface area contributed by atoms with Crippen LogP contribution in [0.25, 0.3) is 22.3 Å². The summed E-state index contributed by atoms with van der Waals surface area (Å²) in [6, 6.07) is 51.8. The second-order valence-corrected chi connectivity index (χ2v) is 13.1. The maximum atomic E-state index is 2.55. The van der Waals surface area contributed by atoms with Crippen LogP contribution >= 0.6 is 0 Å². The Hall–Kier alpha value is -5.60. The van der Waals surface area contributed by atoms with Crippen molar-refractivity contribution in [3.63, 3.8) is 0 Å². The molecule has 2 heterocycles. The van der Waals surface area contributed by atoms with Crippen LogP contribution in [0.15, 0.2) is 176 Å². The van der Waals surface area contributed by atoms with Gasteiger partial charge in [0.2, 0.25) is 0 Å². The van der Waals surface area contributed by atoms with E-state index in [1.807, 2.05) is 0 Å². The molecule has 0 saturated heterocycles. The molecule has 48 heavy (non-hydrogen) atoms. The van der Waals surface area contributed by atoms with Crippen molar-refractivity contribution in [2.45, 2.75) is 18.9 Å². The number of anilines is 2. The van der Waals surface area contributed by atoms with E-state index in [1.54, 1.807) is 0 Å². The summed E-state index contributed by atoms with van der Waals surface area (Å²) in [5.74, 6) is 0.576. The van der Waals surface area contributed by atoms with E-state index >= 15 is 0 Å². The second kappa shape index (κ2) is 11.9.